The van der Waals surface area contributed by atoms with E-state index in [0.717, 1.165) is 25.7 Å². The number of carbonyl (C=O) groups is 2. The van der Waals surface area contributed by atoms with Crippen molar-refractivity contribution in [2.45, 2.75) is 64.5 Å². The Labute approximate surface area is 139 Å². The predicted molar refractivity (Wildman–Crippen MR) is 90.0 cm³/mol. The molecule has 0 spiro atoms. The quantitative estimate of drug-likeness (QED) is 0.379. The van der Waals surface area contributed by atoms with Gasteiger partial charge in [-0.2, -0.15) is 0 Å². The largest absolute Gasteiger partial charge is 0.477 e. The molecule has 1 unspecified atom stereocenters. The highest BCUT2D eigenvalue weighted by molar-refractivity contribution is 5.75. The summed E-state index contributed by atoms with van der Waals surface area (Å²) in [5, 5.41) is 11.6. The third kappa shape index (κ3) is 14.2. The minimum atomic E-state index is -0.885. The van der Waals surface area contributed by atoms with E-state index in [2.05, 4.69) is 12.2 Å². The van der Waals surface area contributed by atoms with Gasteiger partial charge in [-0.05, 0) is 12.8 Å². The third-order valence-electron chi connectivity index (χ3n) is 3.88. The summed E-state index contributed by atoms with van der Waals surface area (Å²) in [5.74, 6) is -0.947. The van der Waals surface area contributed by atoms with Crippen molar-refractivity contribution in [3.63, 3.8) is 0 Å². The number of amides is 1. The van der Waals surface area contributed by atoms with E-state index in [1.165, 1.54) is 0 Å². The van der Waals surface area contributed by atoms with Crippen molar-refractivity contribution in [1.82, 2.24) is 5.32 Å². The zero-order valence-electron chi connectivity index (χ0n) is 14.9. The molecule has 0 aromatic rings. The van der Waals surface area contributed by atoms with Gasteiger partial charge >= 0.3 is 5.97 Å². The Balaban J connectivity index is 3.65. The molecule has 0 bridgehead atoms. The first kappa shape index (κ1) is 21.8. The fourth-order valence-corrected chi connectivity index (χ4v) is 2.49. The molecule has 0 saturated carbocycles. The van der Waals surface area contributed by atoms with Crippen LogP contribution in [0.2, 0.25) is 0 Å². The summed E-state index contributed by atoms with van der Waals surface area (Å²) in [7, 11) is 3.70. The lowest BCUT2D eigenvalue weighted by molar-refractivity contribution is -0.883. The molecule has 0 aromatic carbocycles. The third-order valence-corrected chi connectivity index (χ3v) is 3.88. The van der Waals surface area contributed by atoms with E-state index < -0.39 is 12.1 Å². The molecule has 2 N–H and O–H groups in total. The average molecular weight is 333 g/mol. The molecule has 136 valence electrons. The van der Waals surface area contributed by atoms with E-state index in [-0.39, 0.29) is 18.9 Å². The Morgan fingerprint density at radius 2 is 1.83 bits per heavy atom. The molecule has 0 aliphatic carbocycles. The molecule has 23 heavy (non-hydrogen) atoms. The number of hydrogen-bond donors (Lipinski definition) is 2. The van der Waals surface area contributed by atoms with Gasteiger partial charge in [0.25, 0.3) is 0 Å². The van der Waals surface area contributed by atoms with Crippen molar-refractivity contribution in [3.05, 3.63) is 0 Å². The SMILES string of the molecule is CCCCCCC(F)CCC(=O)NCCC[N+](C)(C)CC(=O)O. The molecule has 6 heteroatoms. The van der Waals surface area contributed by atoms with Crippen LogP contribution in [0.5, 0.6) is 0 Å². The number of nitrogens with one attached hydrogen (secondary N) is 1. The van der Waals surface area contributed by atoms with Gasteiger partial charge in [-0.15, -0.1) is 0 Å². The molecule has 5 nitrogen and oxygen atoms in total. The Bertz CT molecular complexity index is 349. The van der Waals surface area contributed by atoms with Gasteiger partial charge in [-0.25, -0.2) is 9.18 Å². The van der Waals surface area contributed by atoms with Crippen LogP contribution in [0.3, 0.4) is 0 Å². The van der Waals surface area contributed by atoms with Crippen LogP contribution in [0.15, 0.2) is 0 Å². The summed E-state index contributed by atoms with van der Waals surface area (Å²) in [4.78, 5) is 22.3. The highest BCUT2D eigenvalue weighted by Crippen LogP contribution is 2.12. The summed E-state index contributed by atoms with van der Waals surface area (Å²) >= 11 is 0. The number of alkyl halides is 1. The summed E-state index contributed by atoms with van der Waals surface area (Å²) in [5.41, 5.74) is 0. The molecular weight excluding hydrogens is 299 g/mol. The fourth-order valence-electron chi connectivity index (χ4n) is 2.49. The number of rotatable bonds is 14. The molecule has 0 rings (SSSR count). The number of carboxylic acids is 1. The van der Waals surface area contributed by atoms with Crippen molar-refractivity contribution in [2.75, 3.05) is 33.7 Å². The highest BCUT2D eigenvalue weighted by atomic mass is 19.1. The second-order valence-corrected chi connectivity index (χ2v) is 6.90. The van der Waals surface area contributed by atoms with E-state index in [1.807, 2.05) is 14.1 Å². The maximum Gasteiger partial charge on any atom is 0.359 e. The van der Waals surface area contributed by atoms with Crippen LogP contribution in [0.4, 0.5) is 4.39 Å². The van der Waals surface area contributed by atoms with Crippen LogP contribution >= 0.6 is 0 Å². The van der Waals surface area contributed by atoms with Crippen molar-refractivity contribution in [1.29, 1.82) is 0 Å². The van der Waals surface area contributed by atoms with Gasteiger partial charge in [0.1, 0.15) is 6.17 Å². The maximum atomic E-state index is 13.6. The van der Waals surface area contributed by atoms with Crippen molar-refractivity contribution < 1.29 is 23.6 Å². The second kappa shape index (κ2) is 12.3. The Kier molecular flexibility index (Phi) is 11.7. The Hall–Kier alpha value is -1.17. The number of carbonyl (C=O) groups excluding carboxylic acids is 1. The zero-order chi connectivity index (χ0) is 17.7. The van der Waals surface area contributed by atoms with E-state index in [0.29, 0.717) is 36.8 Å². The molecule has 0 heterocycles. The minimum absolute atomic E-state index is 0.0650. The average Bonchev–Trinajstić information content (AvgIpc) is 2.44. The fraction of sp³-hybridized carbons (Fsp3) is 0.882. The lowest BCUT2D eigenvalue weighted by Crippen LogP contribution is -2.45. The van der Waals surface area contributed by atoms with Gasteiger partial charge in [-0.1, -0.05) is 32.6 Å². The standard InChI is InChI=1S/C17H33FN2O3/c1-4-5-6-7-9-15(18)10-11-16(21)19-12-8-13-20(2,3)14-17(22)23/h15H,4-14H2,1-3H3,(H-,19,21,22,23)/p+1. The summed E-state index contributed by atoms with van der Waals surface area (Å²) in [6, 6.07) is 0. The highest BCUT2D eigenvalue weighted by Gasteiger charge is 2.18. The molecule has 0 radical (unpaired) electrons. The molecule has 1 atom stereocenters. The van der Waals surface area contributed by atoms with Crippen LogP contribution < -0.4 is 5.32 Å². The monoisotopic (exact) mass is 333 g/mol. The number of halogens is 1. The van der Waals surface area contributed by atoms with Crippen LogP contribution in [-0.4, -0.2) is 61.4 Å². The molecule has 0 aliphatic heterocycles. The maximum absolute atomic E-state index is 13.6. The van der Waals surface area contributed by atoms with E-state index in [9.17, 15) is 14.0 Å². The van der Waals surface area contributed by atoms with Crippen molar-refractivity contribution in [2.24, 2.45) is 0 Å². The van der Waals surface area contributed by atoms with Crippen molar-refractivity contribution >= 4 is 11.9 Å². The first-order chi connectivity index (χ1) is 10.8. The van der Waals surface area contributed by atoms with Crippen LogP contribution in [-0.2, 0) is 9.59 Å². The minimum Gasteiger partial charge on any atom is -0.477 e. The second-order valence-electron chi connectivity index (χ2n) is 6.90. The molecule has 0 aliphatic rings. The van der Waals surface area contributed by atoms with Crippen LogP contribution in [0, 0.1) is 0 Å². The van der Waals surface area contributed by atoms with E-state index in [4.69, 9.17) is 5.11 Å². The van der Waals surface area contributed by atoms with Gasteiger partial charge in [0, 0.05) is 19.4 Å². The summed E-state index contributed by atoms with van der Waals surface area (Å²) < 4.78 is 14.0. The van der Waals surface area contributed by atoms with Gasteiger partial charge in [0.05, 0.1) is 20.6 Å². The van der Waals surface area contributed by atoms with E-state index >= 15 is 0 Å². The van der Waals surface area contributed by atoms with Gasteiger partial charge < -0.3 is 14.9 Å². The molecule has 0 saturated heterocycles. The van der Waals surface area contributed by atoms with Gasteiger partial charge in [0.2, 0.25) is 5.91 Å². The predicted octanol–water partition coefficient (Wildman–Crippen LogP) is 2.74. The molecule has 0 fully saturated rings. The first-order valence-corrected chi connectivity index (χ1v) is 8.71. The molecule has 0 aromatic heterocycles. The number of unbranched alkanes of at least 4 members (excludes halogenated alkanes) is 3. The number of aliphatic carboxylic acids is 1. The zero-order valence-corrected chi connectivity index (χ0v) is 14.9. The number of likely N-dealkylation sites (N-methyl/N-ethyl adjacent to an activating group) is 1. The topological polar surface area (TPSA) is 66.4 Å². The summed E-state index contributed by atoms with van der Waals surface area (Å²) in [6.45, 7) is 3.37. The lowest BCUT2D eigenvalue weighted by atomic mass is 10.1. The first-order valence-electron chi connectivity index (χ1n) is 8.71. The number of nitrogens with zero attached hydrogens (tertiary/aromatic N) is 1. The van der Waals surface area contributed by atoms with E-state index in [1.54, 1.807) is 0 Å². The van der Waals surface area contributed by atoms with Crippen LogP contribution in [0.1, 0.15) is 58.3 Å². The van der Waals surface area contributed by atoms with Gasteiger partial charge in [-0.3, -0.25) is 4.79 Å². The number of carboxylic acid groups (broad SMARTS) is 1. The number of quaternary nitrogens is 1. The van der Waals surface area contributed by atoms with Crippen molar-refractivity contribution in [3.8, 4) is 0 Å². The number of hydrogen-bond acceptors (Lipinski definition) is 2. The Morgan fingerprint density at radius 3 is 2.43 bits per heavy atom. The van der Waals surface area contributed by atoms with Gasteiger partial charge in [0.15, 0.2) is 6.54 Å². The normalized spacial score (nSPS) is 12.9. The molecule has 1 amide bonds. The van der Waals surface area contributed by atoms with Crippen LogP contribution in [0.25, 0.3) is 0 Å². The Morgan fingerprint density at radius 1 is 1.13 bits per heavy atom. The lowest BCUT2D eigenvalue weighted by Gasteiger charge is -2.27. The smallest absolute Gasteiger partial charge is 0.359 e. The summed E-state index contributed by atoms with van der Waals surface area (Å²) in [6.07, 6.45) is 5.13. The molecular formula is C17H34FN2O3+.